The quantitative estimate of drug-likeness (QED) is 0.700. The van der Waals surface area contributed by atoms with E-state index >= 15 is 0 Å². The molecule has 2 aliphatic heterocycles. The minimum Gasteiger partial charge on any atom is -0.355 e. The summed E-state index contributed by atoms with van der Waals surface area (Å²) in [5.41, 5.74) is 1.97. The summed E-state index contributed by atoms with van der Waals surface area (Å²) in [6.45, 7) is 1.50. The van der Waals surface area contributed by atoms with Crippen molar-refractivity contribution in [2.75, 3.05) is 23.3 Å². The van der Waals surface area contributed by atoms with Crippen molar-refractivity contribution in [3.8, 4) is 5.82 Å². The van der Waals surface area contributed by atoms with Crippen LogP contribution in [0, 0.1) is 5.92 Å². The highest BCUT2D eigenvalue weighted by molar-refractivity contribution is 7.98. The van der Waals surface area contributed by atoms with Gasteiger partial charge in [0.2, 0.25) is 11.8 Å². The second-order valence-corrected chi connectivity index (χ2v) is 7.76. The van der Waals surface area contributed by atoms with Gasteiger partial charge in [-0.25, -0.2) is 9.67 Å². The van der Waals surface area contributed by atoms with Crippen LogP contribution >= 0.6 is 11.8 Å². The molecule has 0 atom stereocenters. The number of thioether (sulfide) groups is 1. The van der Waals surface area contributed by atoms with Crippen LogP contribution in [0.25, 0.3) is 5.82 Å². The van der Waals surface area contributed by atoms with Crippen molar-refractivity contribution in [3.63, 3.8) is 0 Å². The van der Waals surface area contributed by atoms with Gasteiger partial charge < -0.3 is 9.42 Å². The lowest BCUT2D eigenvalue weighted by Crippen LogP contribution is -2.38. The highest BCUT2D eigenvalue weighted by atomic mass is 32.2. The molecular weight excluding hydrogens is 380 g/mol. The number of nitrogens with zero attached hydrogens (tertiary/aromatic N) is 7. The Morgan fingerprint density at radius 2 is 2.00 bits per heavy atom. The largest absolute Gasteiger partial charge is 0.355 e. The van der Waals surface area contributed by atoms with Gasteiger partial charge in [-0.2, -0.15) is 16.9 Å². The molecule has 0 aromatic carbocycles. The van der Waals surface area contributed by atoms with Crippen molar-refractivity contribution < 1.29 is 9.32 Å². The molecule has 0 bridgehead atoms. The molecule has 2 aliphatic rings. The molecule has 5 heterocycles. The lowest BCUT2D eigenvalue weighted by atomic mass is 9.96. The molecule has 144 valence electrons. The van der Waals surface area contributed by atoms with Crippen molar-refractivity contribution in [1.29, 1.82) is 0 Å². The summed E-state index contributed by atoms with van der Waals surface area (Å²) in [7, 11) is 0. The first-order chi connectivity index (χ1) is 13.8. The van der Waals surface area contributed by atoms with E-state index < -0.39 is 0 Å². The predicted octanol–water partition coefficient (Wildman–Crippen LogP) is 1.65. The van der Waals surface area contributed by atoms with E-state index in [1.807, 2.05) is 12.1 Å². The van der Waals surface area contributed by atoms with Crippen LogP contribution in [0.2, 0.25) is 0 Å². The standard InChI is InChI=1S/C17H18N8O2S/c26-16(20-17-12-7-28-8-13(12)23-27-17)11-3-5-24(6-4-11)14-1-2-15(22-21-14)25-10-18-9-19-25/h1-2,9-11H,3-8H2,(H,20,26). The third-order valence-corrected chi connectivity index (χ3v) is 6.04. The third kappa shape index (κ3) is 3.21. The van der Waals surface area contributed by atoms with Gasteiger partial charge in [-0.3, -0.25) is 10.1 Å². The maximum absolute atomic E-state index is 12.6. The van der Waals surface area contributed by atoms with Gasteiger partial charge in [0.25, 0.3) is 0 Å². The van der Waals surface area contributed by atoms with Crippen LogP contribution in [0.1, 0.15) is 24.1 Å². The predicted molar refractivity (Wildman–Crippen MR) is 102 cm³/mol. The van der Waals surface area contributed by atoms with E-state index in [4.69, 9.17) is 4.52 Å². The molecule has 0 spiro atoms. The summed E-state index contributed by atoms with van der Waals surface area (Å²) in [6.07, 6.45) is 4.54. The summed E-state index contributed by atoms with van der Waals surface area (Å²) >= 11 is 1.78. The third-order valence-electron chi connectivity index (χ3n) is 5.07. The lowest BCUT2D eigenvalue weighted by Gasteiger charge is -2.31. The number of rotatable bonds is 4. The van der Waals surface area contributed by atoms with Crippen LogP contribution in [0.3, 0.4) is 0 Å². The number of anilines is 2. The van der Waals surface area contributed by atoms with Crippen LogP contribution in [-0.2, 0) is 16.3 Å². The van der Waals surface area contributed by atoms with Crippen molar-refractivity contribution in [2.45, 2.75) is 24.3 Å². The number of fused-ring (bicyclic) bond motifs is 1. The summed E-state index contributed by atoms with van der Waals surface area (Å²) in [5, 5.41) is 19.5. The minimum atomic E-state index is -0.0477. The first-order valence-electron chi connectivity index (χ1n) is 9.07. The lowest BCUT2D eigenvalue weighted by molar-refractivity contribution is -0.120. The molecule has 1 fully saturated rings. The Labute approximate surface area is 164 Å². The number of hydrogen-bond donors (Lipinski definition) is 1. The number of hydrogen-bond acceptors (Lipinski definition) is 9. The highest BCUT2D eigenvalue weighted by Crippen LogP contribution is 2.35. The number of carbonyl (C=O) groups is 1. The normalized spacial score (nSPS) is 16.9. The van der Waals surface area contributed by atoms with E-state index in [2.05, 4.69) is 35.7 Å². The van der Waals surface area contributed by atoms with E-state index in [0.717, 1.165) is 54.5 Å². The van der Waals surface area contributed by atoms with E-state index in [1.54, 1.807) is 22.8 Å². The van der Waals surface area contributed by atoms with Crippen molar-refractivity contribution >= 4 is 29.4 Å². The molecule has 0 unspecified atom stereocenters. The molecule has 5 rings (SSSR count). The molecule has 3 aromatic heterocycles. The zero-order valence-corrected chi connectivity index (χ0v) is 15.8. The Bertz CT molecular complexity index is 964. The molecule has 0 saturated carbocycles. The van der Waals surface area contributed by atoms with Crippen molar-refractivity contribution in [1.82, 2.24) is 30.1 Å². The van der Waals surface area contributed by atoms with Gasteiger partial charge in [0, 0.05) is 30.5 Å². The minimum absolute atomic E-state index is 0.00288. The average molecular weight is 398 g/mol. The van der Waals surface area contributed by atoms with Gasteiger partial charge in [-0.1, -0.05) is 5.16 Å². The van der Waals surface area contributed by atoms with E-state index in [-0.39, 0.29) is 11.8 Å². The molecular formula is C17H18N8O2S. The number of amides is 1. The van der Waals surface area contributed by atoms with Gasteiger partial charge in [0.05, 0.1) is 11.3 Å². The monoisotopic (exact) mass is 398 g/mol. The molecule has 1 N–H and O–H groups in total. The molecule has 0 aliphatic carbocycles. The van der Waals surface area contributed by atoms with Gasteiger partial charge >= 0.3 is 0 Å². The molecule has 11 heteroatoms. The zero-order chi connectivity index (χ0) is 18.9. The Balaban J connectivity index is 1.18. The van der Waals surface area contributed by atoms with Crippen LogP contribution in [0.5, 0.6) is 0 Å². The van der Waals surface area contributed by atoms with Crippen LogP contribution < -0.4 is 10.2 Å². The molecule has 1 saturated heterocycles. The number of aromatic nitrogens is 6. The second kappa shape index (κ2) is 7.23. The van der Waals surface area contributed by atoms with Gasteiger partial charge in [-0.05, 0) is 25.0 Å². The van der Waals surface area contributed by atoms with E-state index in [0.29, 0.717) is 11.7 Å². The maximum Gasteiger partial charge on any atom is 0.235 e. The molecule has 10 nitrogen and oxygen atoms in total. The molecule has 28 heavy (non-hydrogen) atoms. The smallest absolute Gasteiger partial charge is 0.235 e. The van der Waals surface area contributed by atoms with E-state index in [9.17, 15) is 4.79 Å². The van der Waals surface area contributed by atoms with Gasteiger partial charge in [-0.15, -0.1) is 10.2 Å². The number of nitrogens with one attached hydrogen (secondary N) is 1. The molecule has 3 aromatic rings. The Kier molecular flexibility index (Phi) is 4.43. The topological polar surface area (TPSA) is 115 Å². The fourth-order valence-electron chi connectivity index (χ4n) is 3.47. The summed E-state index contributed by atoms with van der Waals surface area (Å²) < 4.78 is 6.86. The van der Waals surface area contributed by atoms with Crippen LogP contribution in [0.15, 0.2) is 29.3 Å². The highest BCUT2D eigenvalue weighted by Gasteiger charge is 2.29. The molecule has 0 radical (unpaired) electrons. The summed E-state index contributed by atoms with van der Waals surface area (Å²) in [4.78, 5) is 18.7. The summed E-state index contributed by atoms with van der Waals surface area (Å²) in [6, 6.07) is 3.78. The summed E-state index contributed by atoms with van der Waals surface area (Å²) in [5.74, 6) is 3.58. The van der Waals surface area contributed by atoms with Crippen LogP contribution in [0.4, 0.5) is 11.7 Å². The average Bonchev–Trinajstić information content (AvgIpc) is 3.48. The fraction of sp³-hybridized carbons (Fsp3) is 0.412. The van der Waals surface area contributed by atoms with Crippen molar-refractivity contribution in [3.05, 3.63) is 36.0 Å². The first-order valence-corrected chi connectivity index (χ1v) is 10.2. The fourth-order valence-corrected chi connectivity index (χ4v) is 4.50. The molecule has 1 amide bonds. The number of carbonyl (C=O) groups excluding carboxylic acids is 1. The second-order valence-electron chi connectivity index (χ2n) is 6.77. The Morgan fingerprint density at radius 3 is 2.75 bits per heavy atom. The SMILES string of the molecule is O=C(Nc1onc2c1CSC2)C1CCN(c2ccc(-n3cncn3)nn2)CC1. The first kappa shape index (κ1) is 17.2. The zero-order valence-electron chi connectivity index (χ0n) is 15.0. The number of piperidine rings is 1. The Morgan fingerprint density at radius 1 is 1.18 bits per heavy atom. The van der Waals surface area contributed by atoms with Gasteiger partial charge in [0.1, 0.15) is 12.7 Å². The Hall–Kier alpha value is -2.95. The maximum atomic E-state index is 12.6. The van der Waals surface area contributed by atoms with Crippen molar-refractivity contribution in [2.24, 2.45) is 5.92 Å². The van der Waals surface area contributed by atoms with Crippen LogP contribution in [-0.4, -0.2) is 49.1 Å². The van der Waals surface area contributed by atoms with E-state index in [1.165, 1.54) is 6.33 Å². The van der Waals surface area contributed by atoms with Gasteiger partial charge in [0.15, 0.2) is 11.6 Å².